The number of nitrogens with one attached hydrogen (secondary N) is 1. The lowest BCUT2D eigenvalue weighted by molar-refractivity contribution is -0.145. The summed E-state index contributed by atoms with van der Waals surface area (Å²) >= 11 is 0. The van der Waals surface area contributed by atoms with Gasteiger partial charge in [-0.2, -0.15) is 0 Å². The van der Waals surface area contributed by atoms with Crippen molar-refractivity contribution < 1.29 is 19.4 Å². The van der Waals surface area contributed by atoms with Crippen molar-refractivity contribution in [3.8, 4) is 5.75 Å². The van der Waals surface area contributed by atoms with Crippen molar-refractivity contribution in [3.63, 3.8) is 0 Å². The second-order valence-corrected chi connectivity index (χ2v) is 7.49. The molecule has 0 radical (unpaired) electrons. The molecule has 2 rings (SSSR count). The lowest BCUT2D eigenvalue weighted by atomic mass is 9.90. The zero-order valence-electron chi connectivity index (χ0n) is 15.9. The molecule has 1 aromatic rings. The highest BCUT2D eigenvalue weighted by atomic mass is 16.5. The van der Waals surface area contributed by atoms with Crippen LogP contribution in [0.25, 0.3) is 0 Å². The molecule has 1 amide bonds. The van der Waals surface area contributed by atoms with Crippen LogP contribution in [0.2, 0.25) is 0 Å². The van der Waals surface area contributed by atoms with E-state index in [1.807, 2.05) is 24.0 Å². The number of benzene rings is 1. The zero-order chi connectivity index (χ0) is 19.1. The van der Waals surface area contributed by atoms with Crippen LogP contribution in [0, 0.1) is 11.8 Å². The molecule has 1 aliphatic heterocycles. The summed E-state index contributed by atoms with van der Waals surface area (Å²) in [7, 11) is 0. The lowest BCUT2D eigenvalue weighted by Gasteiger charge is -2.34. The molecule has 2 N–H and O–H groups in total. The Morgan fingerprint density at radius 1 is 1.27 bits per heavy atom. The number of amides is 1. The van der Waals surface area contributed by atoms with Gasteiger partial charge in [-0.15, -0.1) is 0 Å². The molecule has 1 fully saturated rings. The minimum absolute atomic E-state index is 0.0954. The van der Waals surface area contributed by atoms with Crippen LogP contribution in [0.3, 0.4) is 0 Å². The van der Waals surface area contributed by atoms with E-state index in [2.05, 4.69) is 31.3 Å². The highest BCUT2D eigenvalue weighted by Gasteiger charge is 2.30. The maximum absolute atomic E-state index is 12.1. The number of rotatable bonds is 8. The van der Waals surface area contributed by atoms with Crippen molar-refractivity contribution in [2.45, 2.75) is 33.1 Å². The van der Waals surface area contributed by atoms with Gasteiger partial charge in [0.1, 0.15) is 12.4 Å². The Hall–Kier alpha value is -2.08. The van der Waals surface area contributed by atoms with Gasteiger partial charge in [-0.05, 0) is 36.0 Å². The summed E-state index contributed by atoms with van der Waals surface area (Å²) in [4.78, 5) is 25.2. The maximum atomic E-state index is 12.1. The first-order valence-corrected chi connectivity index (χ1v) is 9.29. The Labute approximate surface area is 155 Å². The first kappa shape index (κ1) is 20.2. The van der Waals surface area contributed by atoms with Crippen molar-refractivity contribution in [1.29, 1.82) is 0 Å². The molecule has 1 heterocycles. The fourth-order valence-corrected chi connectivity index (χ4v) is 3.34. The van der Waals surface area contributed by atoms with E-state index in [4.69, 9.17) is 4.74 Å². The average molecular weight is 362 g/mol. The Morgan fingerprint density at radius 3 is 2.58 bits per heavy atom. The molecule has 26 heavy (non-hydrogen) atoms. The number of carboxylic acid groups (broad SMARTS) is 1. The van der Waals surface area contributed by atoms with Crippen LogP contribution in [0.1, 0.15) is 38.7 Å². The molecule has 2 atom stereocenters. The Bertz CT molecular complexity index is 600. The number of ether oxygens (including phenoxy) is 1. The predicted octanol–water partition coefficient (Wildman–Crippen LogP) is 2.35. The summed E-state index contributed by atoms with van der Waals surface area (Å²) < 4.78 is 5.64. The van der Waals surface area contributed by atoms with Gasteiger partial charge in [-0.25, -0.2) is 0 Å². The van der Waals surface area contributed by atoms with Crippen molar-refractivity contribution in [1.82, 2.24) is 10.2 Å². The number of likely N-dealkylation sites (tertiary alicyclic amines) is 1. The summed E-state index contributed by atoms with van der Waals surface area (Å²) in [6.45, 7) is 8.58. The van der Waals surface area contributed by atoms with E-state index in [-0.39, 0.29) is 24.3 Å². The summed E-state index contributed by atoms with van der Waals surface area (Å²) in [6, 6.07) is 7.99. The smallest absolute Gasteiger partial charge is 0.307 e. The molecule has 6 heteroatoms. The Kier molecular flexibility index (Phi) is 7.45. The standard InChI is InChI=1S/C20H30N2O4/c1-14(2)16-4-6-18(7-5-16)26-9-8-21-19(23)13-22-11-15(3)10-17(12-22)20(24)25/h4-7,14-15,17H,8-13H2,1-3H3,(H,21,23)(H,24,25). The van der Waals surface area contributed by atoms with Crippen molar-refractivity contribution >= 4 is 11.9 Å². The van der Waals surface area contributed by atoms with E-state index in [9.17, 15) is 14.7 Å². The number of carbonyl (C=O) groups is 2. The Balaban J connectivity index is 1.67. The first-order valence-electron chi connectivity index (χ1n) is 9.29. The third kappa shape index (κ3) is 6.33. The molecule has 1 saturated heterocycles. The molecule has 0 aliphatic carbocycles. The average Bonchev–Trinajstić information content (AvgIpc) is 2.58. The molecule has 1 aromatic carbocycles. The van der Waals surface area contributed by atoms with Gasteiger partial charge in [0.05, 0.1) is 19.0 Å². The van der Waals surface area contributed by atoms with Crippen LogP contribution in [-0.2, 0) is 9.59 Å². The van der Waals surface area contributed by atoms with Gasteiger partial charge in [0.15, 0.2) is 0 Å². The monoisotopic (exact) mass is 362 g/mol. The van der Waals surface area contributed by atoms with Gasteiger partial charge in [0.2, 0.25) is 5.91 Å². The molecular weight excluding hydrogens is 332 g/mol. The normalized spacial score (nSPS) is 20.8. The highest BCUT2D eigenvalue weighted by molar-refractivity contribution is 5.78. The highest BCUT2D eigenvalue weighted by Crippen LogP contribution is 2.21. The van der Waals surface area contributed by atoms with Crippen LogP contribution in [0.15, 0.2) is 24.3 Å². The quantitative estimate of drug-likeness (QED) is 0.694. The van der Waals surface area contributed by atoms with Crippen LogP contribution in [0.4, 0.5) is 0 Å². The van der Waals surface area contributed by atoms with Crippen LogP contribution >= 0.6 is 0 Å². The second-order valence-electron chi connectivity index (χ2n) is 7.49. The number of hydrogen-bond acceptors (Lipinski definition) is 4. The topological polar surface area (TPSA) is 78.9 Å². The molecule has 144 valence electrons. The van der Waals surface area contributed by atoms with Crippen molar-refractivity contribution in [2.75, 3.05) is 32.8 Å². The Morgan fingerprint density at radius 2 is 1.96 bits per heavy atom. The number of carbonyl (C=O) groups excluding carboxylic acids is 1. The zero-order valence-corrected chi connectivity index (χ0v) is 15.9. The third-order valence-corrected chi connectivity index (χ3v) is 4.69. The van der Waals surface area contributed by atoms with Gasteiger partial charge in [-0.1, -0.05) is 32.9 Å². The van der Waals surface area contributed by atoms with E-state index in [0.29, 0.717) is 32.0 Å². The van der Waals surface area contributed by atoms with E-state index in [1.165, 1.54) is 5.56 Å². The fraction of sp³-hybridized carbons (Fsp3) is 0.600. The summed E-state index contributed by atoms with van der Waals surface area (Å²) in [6.07, 6.45) is 0.677. The number of hydrogen-bond donors (Lipinski definition) is 2. The fourth-order valence-electron chi connectivity index (χ4n) is 3.34. The lowest BCUT2D eigenvalue weighted by Crippen LogP contribution is -2.47. The third-order valence-electron chi connectivity index (χ3n) is 4.69. The molecule has 1 aliphatic rings. The van der Waals surface area contributed by atoms with E-state index in [1.54, 1.807) is 0 Å². The van der Waals surface area contributed by atoms with Crippen molar-refractivity contribution in [2.24, 2.45) is 11.8 Å². The SMILES string of the molecule is CC1CC(C(=O)O)CN(CC(=O)NCCOc2ccc(C(C)C)cc2)C1. The van der Waals surface area contributed by atoms with E-state index in [0.717, 1.165) is 12.3 Å². The minimum Gasteiger partial charge on any atom is -0.492 e. The molecule has 0 spiro atoms. The summed E-state index contributed by atoms with van der Waals surface area (Å²) in [5.74, 6) is 0.304. The van der Waals surface area contributed by atoms with Gasteiger partial charge >= 0.3 is 5.97 Å². The van der Waals surface area contributed by atoms with E-state index < -0.39 is 5.97 Å². The minimum atomic E-state index is -0.779. The second kappa shape index (κ2) is 9.57. The van der Waals surface area contributed by atoms with Crippen molar-refractivity contribution in [3.05, 3.63) is 29.8 Å². The summed E-state index contributed by atoms with van der Waals surface area (Å²) in [5, 5.41) is 12.0. The summed E-state index contributed by atoms with van der Waals surface area (Å²) in [5.41, 5.74) is 1.26. The number of aliphatic carboxylic acids is 1. The molecule has 0 saturated carbocycles. The number of nitrogens with zero attached hydrogens (tertiary/aromatic N) is 1. The van der Waals surface area contributed by atoms with Gasteiger partial charge in [0.25, 0.3) is 0 Å². The van der Waals surface area contributed by atoms with Crippen LogP contribution in [-0.4, -0.2) is 54.7 Å². The largest absolute Gasteiger partial charge is 0.492 e. The van der Waals surface area contributed by atoms with Crippen LogP contribution < -0.4 is 10.1 Å². The van der Waals surface area contributed by atoms with Gasteiger partial charge < -0.3 is 15.2 Å². The predicted molar refractivity (Wildman–Crippen MR) is 100 cm³/mol. The molecular formula is C20H30N2O4. The van der Waals surface area contributed by atoms with Crippen LogP contribution in [0.5, 0.6) is 5.75 Å². The number of piperidine rings is 1. The van der Waals surface area contributed by atoms with E-state index >= 15 is 0 Å². The van der Waals surface area contributed by atoms with Gasteiger partial charge in [0, 0.05) is 13.1 Å². The molecule has 0 aromatic heterocycles. The molecule has 6 nitrogen and oxygen atoms in total. The molecule has 0 bridgehead atoms. The molecule has 2 unspecified atom stereocenters. The maximum Gasteiger partial charge on any atom is 0.307 e. The first-order chi connectivity index (χ1) is 12.3. The van der Waals surface area contributed by atoms with Gasteiger partial charge in [-0.3, -0.25) is 14.5 Å². The number of carboxylic acids is 1.